The fourth-order valence-electron chi connectivity index (χ4n) is 13.0. The first-order valence-electron chi connectivity index (χ1n) is 27.3. The summed E-state index contributed by atoms with van der Waals surface area (Å²) in [4.78, 5) is 22.1. The number of allylic oxidation sites excluding steroid dienone is 2. The van der Waals surface area contributed by atoms with E-state index in [9.17, 15) is 0 Å². The Morgan fingerprint density at radius 2 is 0.975 bits per heavy atom. The maximum absolute atomic E-state index is 7.18. The fourth-order valence-corrected chi connectivity index (χ4v) is 14.3. The molecule has 81 heavy (non-hydrogen) atoms. The summed E-state index contributed by atoms with van der Waals surface area (Å²) in [5.41, 5.74) is 13.4. The molecule has 378 valence electrons. The summed E-state index contributed by atoms with van der Waals surface area (Å²) >= 11 is 1.86. The molecule has 0 aliphatic carbocycles. The highest BCUT2D eigenvalue weighted by Crippen LogP contribution is 2.51. The van der Waals surface area contributed by atoms with Crippen molar-refractivity contribution in [3.8, 4) is 45.5 Å². The number of thiophene rings is 1. The molecule has 0 aliphatic heterocycles. The molecule has 0 N–H and O–H groups in total. The van der Waals surface area contributed by atoms with Gasteiger partial charge < -0.3 is 4.42 Å². The van der Waals surface area contributed by atoms with Crippen molar-refractivity contribution in [2.45, 2.75) is 6.92 Å². The van der Waals surface area contributed by atoms with Crippen LogP contribution in [0.4, 0.5) is 0 Å². The zero-order valence-corrected chi connectivity index (χ0v) is 44.5. The Hall–Kier alpha value is -10.5. The van der Waals surface area contributed by atoms with E-state index in [0.29, 0.717) is 11.9 Å². The van der Waals surface area contributed by atoms with Gasteiger partial charge in [-0.25, -0.2) is 19.9 Å². The Morgan fingerprint density at radius 3 is 1.67 bits per heavy atom. The lowest BCUT2D eigenvalue weighted by atomic mass is 9.92. The number of nitrogens with zero attached hydrogens (tertiary/aromatic N) is 6. The third-order valence-electron chi connectivity index (χ3n) is 16.4. The zero-order chi connectivity index (χ0) is 53.4. The van der Waals surface area contributed by atoms with Crippen LogP contribution in [0.5, 0.6) is 0 Å². The molecule has 7 nitrogen and oxygen atoms in total. The number of furan rings is 1. The molecule has 0 spiro atoms. The van der Waals surface area contributed by atoms with Gasteiger partial charge in [-0.05, 0) is 48.4 Å². The number of aryl methyl sites for hydroxylation is 1. The highest BCUT2D eigenvalue weighted by molar-refractivity contribution is 7.27. The van der Waals surface area contributed by atoms with Crippen molar-refractivity contribution >= 4 is 136 Å². The summed E-state index contributed by atoms with van der Waals surface area (Å²) in [6.07, 6.45) is 5.95. The molecule has 17 aromatic rings. The van der Waals surface area contributed by atoms with E-state index in [2.05, 4.69) is 241 Å². The van der Waals surface area contributed by atoms with Gasteiger partial charge in [0, 0.05) is 96.1 Å². The minimum absolute atomic E-state index is 0.587. The number of rotatable bonds is 7. The van der Waals surface area contributed by atoms with Gasteiger partial charge in [0.05, 0.1) is 44.5 Å². The van der Waals surface area contributed by atoms with Crippen LogP contribution in [0.2, 0.25) is 0 Å². The van der Waals surface area contributed by atoms with Crippen LogP contribution in [0.3, 0.4) is 0 Å². The van der Waals surface area contributed by atoms with E-state index in [-0.39, 0.29) is 0 Å². The minimum Gasteiger partial charge on any atom is -0.460 e. The lowest BCUT2D eigenvalue weighted by Gasteiger charge is -2.15. The largest absolute Gasteiger partial charge is 0.460 e. The van der Waals surface area contributed by atoms with Gasteiger partial charge in [0.1, 0.15) is 11.3 Å². The Kier molecular flexibility index (Phi) is 9.82. The molecule has 0 unspecified atom stereocenters. The normalized spacial score (nSPS) is 12.3. The molecule has 17 rings (SSSR count). The summed E-state index contributed by atoms with van der Waals surface area (Å²) in [6.45, 7) is 6.16. The van der Waals surface area contributed by atoms with Crippen LogP contribution in [0, 0.1) is 6.92 Å². The van der Waals surface area contributed by atoms with Gasteiger partial charge in [-0.2, -0.15) is 0 Å². The Balaban J connectivity index is 1.03. The van der Waals surface area contributed by atoms with E-state index in [1.54, 1.807) is 0 Å². The number of hydrogen-bond acceptors (Lipinski definition) is 6. The van der Waals surface area contributed by atoms with Gasteiger partial charge in [-0.15, -0.1) is 11.3 Å². The third kappa shape index (κ3) is 6.56. The van der Waals surface area contributed by atoms with Crippen molar-refractivity contribution in [2.24, 2.45) is 0 Å². The number of hydrogen-bond donors (Lipinski definition) is 0. The van der Waals surface area contributed by atoms with Gasteiger partial charge >= 0.3 is 0 Å². The van der Waals surface area contributed by atoms with E-state index in [1.165, 1.54) is 30.9 Å². The van der Waals surface area contributed by atoms with Crippen LogP contribution < -0.4 is 0 Å². The van der Waals surface area contributed by atoms with Crippen molar-refractivity contribution in [3.05, 3.63) is 248 Å². The molecule has 0 atom stereocenters. The summed E-state index contributed by atoms with van der Waals surface area (Å²) in [7, 11) is 0. The van der Waals surface area contributed by atoms with Crippen LogP contribution in [-0.2, 0) is 0 Å². The molecular formula is C73H44N6OS. The van der Waals surface area contributed by atoms with Crippen molar-refractivity contribution in [2.75, 3.05) is 0 Å². The summed E-state index contributed by atoms with van der Waals surface area (Å²) in [6, 6.07) is 77.5. The van der Waals surface area contributed by atoms with E-state index < -0.39 is 0 Å². The van der Waals surface area contributed by atoms with E-state index in [4.69, 9.17) is 24.4 Å². The minimum atomic E-state index is 0.587. The first kappa shape index (κ1) is 45.5. The third-order valence-corrected chi connectivity index (χ3v) is 17.6. The summed E-state index contributed by atoms with van der Waals surface area (Å²) in [5, 5.41) is 14.3. The predicted octanol–water partition coefficient (Wildman–Crippen LogP) is 19.7. The van der Waals surface area contributed by atoms with Gasteiger partial charge in [0.25, 0.3) is 0 Å². The second-order valence-corrected chi connectivity index (χ2v) is 21.9. The molecule has 0 saturated heterocycles. The molecule has 0 aliphatic rings. The maximum Gasteiger partial charge on any atom is 0.235 e. The molecule has 11 aromatic carbocycles. The first-order valence-corrected chi connectivity index (χ1v) is 28.1. The van der Waals surface area contributed by atoms with E-state index in [0.717, 1.165) is 132 Å². The summed E-state index contributed by atoms with van der Waals surface area (Å²) in [5.74, 6) is 2.00. The smallest absolute Gasteiger partial charge is 0.235 e. The zero-order valence-electron chi connectivity index (χ0n) is 43.7. The topological polar surface area (TPSA) is 74.6 Å². The quantitative estimate of drug-likeness (QED) is 0.149. The molecule has 0 radical (unpaired) electrons. The van der Waals surface area contributed by atoms with E-state index >= 15 is 0 Å². The number of fused-ring (bicyclic) bond motifs is 20. The molecule has 8 heteroatoms. The molecule has 6 aromatic heterocycles. The Labute approximate surface area is 467 Å². The first-order chi connectivity index (χ1) is 40.1. The number of benzene rings is 11. The van der Waals surface area contributed by atoms with E-state index in [1.807, 2.05) is 29.6 Å². The average Bonchev–Trinajstić information content (AvgIpc) is 2.94. The molecule has 0 saturated carbocycles. The SMILES string of the molecule is C=C/C=C\c1c(C)oc2c3c(-c4ccc5c6c7c8ccccc8sc7c7ccccc7c6n(-c6nc(-c7ccccc7)c7ccccc7n6)c5c4)cccc3c3c(c4ccccc4n3-c3nc(-c4ccccc4)c4ccccc4n3)c12. The monoisotopic (exact) mass is 1050 g/mol. The molecule has 0 fully saturated rings. The average molecular weight is 1050 g/mol. The van der Waals surface area contributed by atoms with Crippen LogP contribution in [0.15, 0.2) is 242 Å². The standard InChI is InChI=1S/C73H44N6OS/c1-3-4-26-46-42(2)80-70-61-47(33-21-34-55(61)69-62(64(46)70)52-31-15-19-37-58(52)78(69)72-74-56-35-17-13-29-50(56)66(76-72)43-22-7-5-8-23-43)45-39-40-53-59(41-45)79(73-75-57-36-18-14-30-51(57)67(77-73)44-24-9-6-10-25-44)68-48-27-11-12-28-49(48)71-65(63(53)68)54-32-16-20-38-60(54)81-71/h3-41H,1H2,2H3/b26-4-. The number of para-hydroxylation sites is 3. The molecule has 6 heterocycles. The van der Waals surface area contributed by atoms with Crippen molar-refractivity contribution in [1.29, 1.82) is 0 Å². The van der Waals surface area contributed by atoms with Crippen LogP contribution in [0.1, 0.15) is 11.3 Å². The van der Waals surface area contributed by atoms with Gasteiger partial charge in [-0.3, -0.25) is 9.13 Å². The van der Waals surface area contributed by atoms with Gasteiger partial charge in [-0.1, -0.05) is 213 Å². The van der Waals surface area contributed by atoms with Gasteiger partial charge in [0.15, 0.2) is 0 Å². The summed E-state index contributed by atoms with van der Waals surface area (Å²) < 4.78 is 14.3. The Bertz CT molecular complexity index is 5570. The highest BCUT2D eigenvalue weighted by Gasteiger charge is 2.29. The van der Waals surface area contributed by atoms with Crippen molar-refractivity contribution in [1.82, 2.24) is 29.1 Å². The second-order valence-electron chi connectivity index (χ2n) is 20.8. The number of aromatic nitrogens is 6. The maximum atomic E-state index is 7.18. The lowest BCUT2D eigenvalue weighted by molar-refractivity contribution is 0.580. The predicted molar refractivity (Wildman–Crippen MR) is 339 cm³/mol. The van der Waals surface area contributed by atoms with Crippen LogP contribution in [-0.4, -0.2) is 29.1 Å². The fraction of sp³-hybridized carbons (Fsp3) is 0.0137. The molecule has 0 bridgehead atoms. The second kappa shape index (κ2) is 17.5. The molecule has 0 amide bonds. The highest BCUT2D eigenvalue weighted by atomic mass is 32.1. The lowest BCUT2D eigenvalue weighted by Crippen LogP contribution is -2.04. The Morgan fingerprint density at radius 1 is 0.432 bits per heavy atom. The van der Waals surface area contributed by atoms with Gasteiger partial charge in [0.2, 0.25) is 11.9 Å². The van der Waals surface area contributed by atoms with Crippen molar-refractivity contribution < 1.29 is 4.42 Å². The molecular weight excluding hydrogens is 1010 g/mol. The van der Waals surface area contributed by atoms with Crippen molar-refractivity contribution in [3.63, 3.8) is 0 Å². The van der Waals surface area contributed by atoms with Crippen LogP contribution in [0.25, 0.3) is 170 Å². The van der Waals surface area contributed by atoms with Crippen LogP contribution >= 0.6 is 11.3 Å².